The lowest BCUT2D eigenvalue weighted by atomic mass is 10.0. The third-order valence-electron chi connectivity index (χ3n) is 16.5. The predicted octanol–water partition coefficient (Wildman–Crippen LogP) is 22.8. The van der Waals surface area contributed by atoms with Gasteiger partial charge in [-0.25, -0.2) is 9.13 Å². The summed E-state index contributed by atoms with van der Waals surface area (Å²) in [4.78, 5) is 58.6. The SMILES string of the molecule is CC/C=C\C/C=C\C/C=C\C/C=C\C/C=C\C/C=C\CCCCCCCCCCCCCCC(=O)OCC(O)COP(=O)(O)OCC(O)COP(=O)(O)OCC(COC(=O)CCCCCCCCC/C=C\C/C=C\C/C=C\CC)OC(=O)CCCCCCCCCCCCCCCCC. The van der Waals surface area contributed by atoms with Crippen molar-refractivity contribution in [1.29, 1.82) is 0 Å². The minimum Gasteiger partial charge on any atom is -0.463 e. The highest BCUT2D eigenvalue weighted by atomic mass is 31.2. The first-order chi connectivity index (χ1) is 48.2. The number of hydrogen-bond acceptors (Lipinski definition) is 14. The maximum atomic E-state index is 13.0. The van der Waals surface area contributed by atoms with Crippen LogP contribution in [-0.2, 0) is 55.8 Å². The molecule has 572 valence electrons. The number of phosphoric ester groups is 2. The third kappa shape index (κ3) is 75.2. The molecule has 0 amide bonds. The molecule has 0 aliphatic heterocycles. The molecule has 0 aromatic heterocycles. The van der Waals surface area contributed by atoms with Gasteiger partial charge in [-0.05, 0) is 103 Å². The number of allylic oxidation sites excluding steroid dienone is 18. The standard InChI is InChI=1S/C81H142O16P2/c1-4-7-10-13-16-19-22-25-28-30-31-32-33-34-35-36-37-38-39-40-41-42-43-45-48-49-52-55-58-61-64-67-79(84)91-70-76(82)71-93-98(87,88)94-72-77(83)73-95-99(89,90)96-75-78(97-81(86)69-66-63-60-57-54-51-46-27-24-21-18-15-12-9-6-3)74-92-80(85)68-65-62-59-56-53-50-47-44-29-26-23-20-17-14-11-8-5-2/h7-8,10-11,16-17,19-20,25-26,28-29,31-32,34-35,37-38,76-78,82-83H,4-6,9,12-15,18,21-24,27,30,33,36,39-75H2,1-3H3,(H,87,88)(H,89,90)/b10-7-,11-8-,19-16-,20-17-,28-25-,29-26-,32-31-,35-34-,38-37-. The van der Waals surface area contributed by atoms with E-state index in [1.165, 1.54) is 116 Å². The van der Waals surface area contributed by atoms with Crippen LogP contribution in [0.4, 0.5) is 0 Å². The highest BCUT2D eigenvalue weighted by Crippen LogP contribution is 2.45. The van der Waals surface area contributed by atoms with E-state index in [0.29, 0.717) is 19.3 Å². The lowest BCUT2D eigenvalue weighted by Crippen LogP contribution is -2.30. The summed E-state index contributed by atoms with van der Waals surface area (Å²) >= 11 is 0. The number of esters is 3. The Morgan fingerprint density at radius 2 is 0.535 bits per heavy atom. The van der Waals surface area contributed by atoms with Gasteiger partial charge >= 0.3 is 33.6 Å². The van der Waals surface area contributed by atoms with E-state index < -0.39 is 91.5 Å². The Hall–Kier alpha value is -3.79. The van der Waals surface area contributed by atoms with E-state index in [1.807, 2.05) is 0 Å². The van der Waals surface area contributed by atoms with Crippen LogP contribution in [0.2, 0.25) is 0 Å². The van der Waals surface area contributed by atoms with Crippen molar-refractivity contribution in [2.45, 2.75) is 347 Å². The number of aliphatic hydroxyl groups excluding tert-OH is 2. The Labute approximate surface area is 602 Å². The summed E-state index contributed by atoms with van der Waals surface area (Å²) in [5.74, 6) is -1.57. The number of rotatable bonds is 74. The van der Waals surface area contributed by atoms with E-state index in [4.69, 9.17) is 32.3 Å². The fraction of sp³-hybridized carbons (Fsp3) is 0.741. The Balaban J connectivity index is 4.46. The summed E-state index contributed by atoms with van der Waals surface area (Å²) in [6.07, 6.45) is 85.7. The number of carbonyl (C=O) groups is 3. The van der Waals surface area contributed by atoms with Crippen LogP contribution in [0.25, 0.3) is 0 Å². The second kappa shape index (κ2) is 73.9. The molecular formula is C81H142O16P2. The summed E-state index contributed by atoms with van der Waals surface area (Å²) in [5.41, 5.74) is 0. The van der Waals surface area contributed by atoms with Crippen LogP contribution < -0.4 is 0 Å². The van der Waals surface area contributed by atoms with Crippen molar-refractivity contribution in [3.05, 3.63) is 109 Å². The Morgan fingerprint density at radius 3 is 0.848 bits per heavy atom. The molecule has 0 fully saturated rings. The van der Waals surface area contributed by atoms with Crippen LogP contribution >= 0.6 is 15.6 Å². The number of aliphatic hydroxyl groups is 2. The van der Waals surface area contributed by atoms with Crippen molar-refractivity contribution in [3.8, 4) is 0 Å². The molecule has 5 unspecified atom stereocenters. The summed E-state index contributed by atoms with van der Waals surface area (Å²) in [6, 6.07) is 0. The number of ether oxygens (including phenoxy) is 3. The first-order valence-corrected chi connectivity index (χ1v) is 42.2. The van der Waals surface area contributed by atoms with Crippen LogP contribution in [0.3, 0.4) is 0 Å². The van der Waals surface area contributed by atoms with Crippen LogP contribution in [0.15, 0.2) is 109 Å². The molecule has 18 heteroatoms. The topological polar surface area (TPSA) is 231 Å². The van der Waals surface area contributed by atoms with Gasteiger partial charge in [0.25, 0.3) is 0 Å². The van der Waals surface area contributed by atoms with Gasteiger partial charge in [0.2, 0.25) is 0 Å². The van der Waals surface area contributed by atoms with Crippen molar-refractivity contribution >= 4 is 33.6 Å². The van der Waals surface area contributed by atoms with E-state index in [9.17, 15) is 43.5 Å². The molecule has 0 aromatic rings. The number of hydrogen-bond donors (Lipinski definition) is 4. The monoisotopic (exact) mass is 1430 g/mol. The van der Waals surface area contributed by atoms with E-state index in [0.717, 1.165) is 154 Å². The largest absolute Gasteiger partial charge is 0.472 e. The van der Waals surface area contributed by atoms with Gasteiger partial charge in [-0.1, -0.05) is 316 Å². The van der Waals surface area contributed by atoms with Gasteiger partial charge in [0.15, 0.2) is 6.10 Å². The lowest BCUT2D eigenvalue weighted by Gasteiger charge is -2.21. The Kier molecular flexibility index (Phi) is 71.1. The fourth-order valence-electron chi connectivity index (χ4n) is 10.6. The van der Waals surface area contributed by atoms with Gasteiger partial charge in [-0.3, -0.25) is 32.5 Å². The molecule has 5 atom stereocenters. The van der Waals surface area contributed by atoms with Gasteiger partial charge in [0.1, 0.15) is 25.4 Å². The van der Waals surface area contributed by atoms with Crippen LogP contribution in [0.5, 0.6) is 0 Å². The highest BCUT2D eigenvalue weighted by molar-refractivity contribution is 7.47. The zero-order valence-corrected chi connectivity index (χ0v) is 64.2. The van der Waals surface area contributed by atoms with Gasteiger partial charge in [-0.15, -0.1) is 0 Å². The van der Waals surface area contributed by atoms with E-state index in [-0.39, 0.29) is 19.3 Å². The molecular weight excluding hydrogens is 1290 g/mol. The summed E-state index contributed by atoms with van der Waals surface area (Å²) in [5, 5.41) is 20.6. The van der Waals surface area contributed by atoms with Crippen molar-refractivity contribution in [2.24, 2.45) is 0 Å². The molecule has 16 nitrogen and oxygen atoms in total. The molecule has 0 rings (SSSR count). The third-order valence-corrected chi connectivity index (χ3v) is 18.4. The van der Waals surface area contributed by atoms with Crippen LogP contribution in [0, 0.1) is 0 Å². The van der Waals surface area contributed by atoms with Crippen molar-refractivity contribution in [3.63, 3.8) is 0 Å². The van der Waals surface area contributed by atoms with E-state index in [2.05, 4.69) is 130 Å². The number of carbonyl (C=O) groups excluding carboxylic acids is 3. The molecule has 0 saturated heterocycles. The van der Waals surface area contributed by atoms with Gasteiger partial charge in [0.05, 0.1) is 26.4 Å². The summed E-state index contributed by atoms with van der Waals surface area (Å²) in [7, 11) is -9.78. The molecule has 0 saturated carbocycles. The highest BCUT2D eigenvalue weighted by Gasteiger charge is 2.29. The smallest absolute Gasteiger partial charge is 0.463 e. The second-order valence-electron chi connectivity index (χ2n) is 26.1. The zero-order chi connectivity index (χ0) is 72.3. The lowest BCUT2D eigenvalue weighted by molar-refractivity contribution is -0.161. The molecule has 0 bridgehead atoms. The van der Waals surface area contributed by atoms with Gasteiger partial charge < -0.3 is 34.2 Å². The summed E-state index contributed by atoms with van der Waals surface area (Å²) in [6.45, 7) is 2.48. The van der Waals surface area contributed by atoms with Gasteiger partial charge in [-0.2, -0.15) is 0 Å². The molecule has 0 aliphatic rings. The van der Waals surface area contributed by atoms with Crippen LogP contribution in [0.1, 0.15) is 329 Å². The molecule has 0 heterocycles. The normalized spacial score (nSPS) is 14.6. The average molecular weight is 1430 g/mol. The molecule has 4 N–H and O–H groups in total. The van der Waals surface area contributed by atoms with Crippen molar-refractivity contribution in [2.75, 3.05) is 39.6 Å². The van der Waals surface area contributed by atoms with Crippen molar-refractivity contribution in [1.82, 2.24) is 0 Å². The molecule has 99 heavy (non-hydrogen) atoms. The quantitative estimate of drug-likeness (QED) is 0.0146. The minimum absolute atomic E-state index is 0.106. The van der Waals surface area contributed by atoms with E-state index in [1.54, 1.807) is 0 Å². The van der Waals surface area contributed by atoms with Crippen molar-refractivity contribution < 1.29 is 75.8 Å². The number of unbranched alkanes of at least 4 members (excludes halogenated alkanes) is 33. The predicted molar refractivity (Wildman–Crippen MR) is 408 cm³/mol. The van der Waals surface area contributed by atoms with Crippen LogP contribution in [-0.4, -0.2) is 95.9 Å². The first kappa shape index (κ1) is 95.2. The average Bonchev–Trinajstić information content (AvgIpc) is 2.96. The fourth-order valence-corrected chi connectivity index (χ4v) is 12.2. The maximum absolute atomic E-state index is 13.0. The molecule has 0 radical (unpaired) electrons. The van der Waals surface area contributed by atoms with E-state index >= 15 is 0 Å². The zero-order valence-electron chi connectivity index (χ0n) is 62.4. The molecule has 0 aliphatic carbocycles. The molecule has 0 aromatic carbocycles. The first-order valence-electron chi connectivity index (χ1n) is 39.2. The number of phosphoric acid groups is 2. The Bertz CT molecular complexity index is 2240. The second-order valence-corrected chi connectivity index (χ2v) is 29.0. The Morgan fingerprint density at radius 1 is 0.293 bits per heavy atom. The van der Waals surface area contributed by atoms with Gasteiger partial charge in [0, 0.05) is 19.3 Å². The molecule has 0 spiro atoms. The minimum atomic E-state index is -4.93. The maximum Gasteiger partial charge on any atom is 0.472 e. The summed E-state index contributed by atoms with van der Waals surface area (Å²) < 4.78 is 61.1.